The molecule has 0 spiro atoms. The van der Waals surface area contributed by atoms with Crippen LogP contribution in [0.15, 0.2) is 53.4 Å². The number of nitrogens with two attached hydrogens (primary N) is 1. The van der Waals surface area contributed by atoms with Gasteiger partial charge in [-0.2, -0.15) is 0 Å². The first-order valence-electron chi connectivity index (χ1n) is 7.08. The molecule has 1 aliphatic heterocycles. The van der Waals surface area contributed by atoms with Crippen molar-refractivity contribution in [3.8, 4) is 0 Å². The number of sulfonamides is 1. The molecule has 0 radical (unpaired) electrons. The average molecular weight is 379 g/mol. The number of carbonyl (C=O) groups is 1. The molecule has 1 atom stereocenters. The van der Waals surface area contributed by atoms with E-state index in [0.717, 1.165) is 5.56 Å². The van der Waals surface area contributed by atoms with Gasteiger partial charge in [0.1, 0.15) is 5.37 Å². The highest BCUT2D eigenvalue weighted by atomic mass is 32.2. The second-order valence-corrected chi connectivity index (χ2v) is 7.94. The number of primary sulfonamides is 1. The van der Waals surface area contributed by atoms with Gasteiger partial charge in [-0.1, -0.05) is 0 Å². The van der Waals surface area contributed by atoms with Gasteiger partial charge < -0.3 is 0 Å². The third kappa shape index (κ3) is 3.50. The van der Waals surface area contributed by atoms with Crippen LogP contribution in [0.1, 0.15) is 10.9 Å². The van der Waals surface area contributed by atoms with E-state index >= 15 is 0 Å². The highest BCUT2D eigenvalue weighted by molar-refractivity contribution is 8.00. The molecule has 130 valence electrons. The van der Waals surface area contributed by atoms with Gasteiger partial charge >= 0.3 is 0 Å². The lowest BCUT2D eigenvalue weighted by Crippen LogP contribution is -2.27. The Balaban J connectivity index is 1.93. The van der Waals surface area contributed by atoms with Gasteiger partial charge in [0.05, 0.1) is 15.6 Å². The van der Waals surface area contributed by atoms with Crippen LogP contribution in [0.4, 0.5) is 11.4 Å². The summed E-state index contributed by atoms with van der Waals surface area (Å²) in [6, 6.07) is 11.7. The fraction of sp³-hybridized carbons (Fsp3) is 0.133. The van der Waals surface area contributed by atoms with Crippen molar-refractivity contribution >= 4 is 39.1 Å². The fourth-order valence-electron chi connectivity index (χ4n) is 2.51. The summed E-state index contributed by atoms with van der Waals surface area (Å²) in [5.41, 5.74) is 1.25. The predicted molar refractivity (Wildman–Crippen MR) is 93.6 cm³/mol. The Morgan fingerprint density at radius 1 is 1.12 bits per heavy atom. The zero-order chi connectivity index (χ0) is 18.2. The van der Waals surface area contributed by atoms with E-state index in [1.807, 2.05) is 0 Å². The van der Waals surface area contributed by atoms with E-state index in [0.29, 0.717) is 5.69 Å². The summed E-state index contributed by atoms with van der Waals surface area (Å²) in [7, 11) is -3.81. The van der Waals surface area contributed by atoms with Crippen LogP contribution in [0.2, 0.25) is 0 Å². The summed E-state index contributed by atoms with van der Waals surface area (Å²) in [4.78, 5) is 24.0. The van der Waals surface area contributed by atoms with E-state index < -0.39 is 14.9 Å². The Hall–Kier alpha value is -2.43. The number of hydrogen-bond acceptors (Lipinski definition) is 6. The number of anilines is 1. The highest BCUT2D eigenvalue weighted by Gasteiger charge is 2.34. The lowest BCUT2D eigenvalue weighted by Gasteiger charge is -2.24. The summed E-state index contributed by atoms with van der Waals surface area (Å²) >= 11 is 1.39. The Kier molecular flexibility index (Phi) is 4.50. The summed E-state index contributed by atoms with van der Waals surface area (Å²) in [5, 5.41) is 15.5. The number of carbonyl (C=O) groups excluding carboxylic acids is 1. The van der Waals surface area contributed by atoms with Gasteiger partial charge in [-0.15, -0.1) is 11.8 Å². The molecular weight excluding hydrogens is 366 g/mol. The number of nitro groups is 1. The molecule has 1 fully saturated rings. The first kappa shape index (κ1) is 17.4. The number of amides is 1. The zero-order valence-electron chi connectivity index (χ0n) is 12.7. The Morgan fingerprint density at radius 3 is 2.24 bits per heavy atom. The third-order valence-electron chi connectivity index (χ3n) is 3.70. The molecule has 1 amide bonds. The predicted octanol–water partition coefficient (Wildman–Crippen LogP) is 2.02. The molecule has 3 rings (SSSR count). The number of rotatable bonds is 4. The van der Waals surface area contributed by atoms with Crippen molar-refractivity contribution in [3.05, 3.63) is 64.2 Å². The number of hydrogen-bond donors (Lipinski definition) is 1. The third-order valence-corrected chi connectivity index (χ3v) is 5.84. The lowest BCUT2D eigenvalue weighted by molar-refractivity contribution is -0.384. The molecule has 0 aromatic heterocycles. The number of nitrogens with zero attached hydrogens (tertiary/aromatic N) is 2. The van der Waals surface area contributed by atoms with Crippen molar-refractivity contribution in [2.24, 2.45) is 5.14 Å². The van der Waals surface area contributed by atoms with Crippen LogP contribution >= 0.6 is 11.8 Å². The van der Waals surface area contributed by atoms with Crippen molar-refractivity contribution in [3.63, 3.8) is 0 Å². The molecular formula is C15H13N3O5S2. The first-order chi connectivity index (χ1) is 11.8. The van der Waals surface area contributed by atoms with Gasteiger partial charge in [-0.25, -0.2) is 13.6 Å². The van der Waals surface area contributed by atoms with E-state index in [-0.39, 0.29) is 27.6 Å². The van der Waals surface area contributed by atoms with Crippen molar-refractivity contribution in [2.45, 2.75) is 10.3 Å². The number of benzene rings is 2. The van der Waals surface area contributed by atoms with Gasteiger partial charge in [0.25, 0.3) is 5.69 Å². The molecule has 0 saturated carbocycles. The van der Waals surface area contributed by atoms with Crippen molar-refractivity contribution < 1.29 is 18.1 Å². The summed E-state index contributed by atoms with van der Waals surface area (Å²) in [5.74, 6) is 0.134. The summed E-state index contributed by atoms with van der Waals surface area (Å²) in [6.07, 6.45) is 0. The Bertz CT molecular complexity index is 927. The quantitative estimate of drug-likeness (QED) is 0.640. The second kappa shape index (κ2) is 6.47. The van der Waals surface area contributed by atoms with Crippen LogP contribution in [-0.4, -0.2) is 25.0 Å². The second-order valence-electron chi connectivity index (χ2n) is 5.31. The fourth-order valence-corrected chi connectivity index (χ4v) is 4.20. The normalized spacial score (nSPS) is 17.7. The smallest absolute Gasteiger partial charge is 0.269 e. The van der Waals surface area contributed by atoms with Gasteiger partial charge in [-0.05, 0) is 42.0 Å². The monoisotopic (exact) mass is 379 g/mol. The van der Waals surface area contributed by atoms with Gasteiger partial charge in [0, 0.05) is 17.8 Å². The van der Waals surface area contributed by atoms with Gasteiger partial charge in [0.2, 0.25) is 15.9 Å². The largest absolute Gasteiger partial charge is 0.295 e. The van der Waals surface area contributed by atoms with Crippen LogP contribution in [0.25, 0.3) is 0 Å². The van der Waals surface area contributed by atoms with Gasteiger partial charge in [-0.3, -0.25) is 19.8 Å². The zero-order valence-corrected chi connectivity index (χ0v) is 14.4. The minimum absolute atomic E-state index is 0.0258. The van der Waals surface area contributed by atoms with Crippen LogP contribution in [0.3, 0.4) is 0 Å². The molecule has 1 unspecified atom stereocenters. The SMILES string of the molecule is NS(=O)(=O)c1ccc(N2C(=O)CSC2c2ccc([N+](=O)[O-])cc2)cc1. The van der Waals surface area contributed by atoms with Crippen molar-refractivity contribution in [2.75, 3.05) is 10.7 Å². The van der Waals surface area contributed by atoms with Crippen LogP contribution in [0, 0.1) is 10.1 Å². The summed E-state index contributed by atoms with van der Waals surface area (Å²) < 4.78 is 22.7. The maximum absolute atomic E-state index is 12.3. The molecule has 8 nitrogen and oxygen atoms in total. The highest BCUT2D eigenvalue weighted by Crippen LogP contribution is 2.42. The number of nitro benzene ring substituents is 1. The standard InChI is InChI=1S/C15H13N3O5S2/c16-25(22,23)13-7-5-11(6-8-13)17-14(19)9-24-15(17)10-1-3-12(4-2-10)18(20)21/h1-8,15H,9H2,(H2,16,22,23). The van der Waals surface area contributed by atoms with Crippen molar-refractivity contribution in [1.82, 2.24) is 0 Å². The topological polar surface area (TPSA) is 124 Å². The van der Waals surface area contributed by atoms with Crippen LogP contribution in [-0.2, 0) is 14.8 Å². The lowest BCUT2D eigenvalue weighted by atomic mass is 10.1. The molecule has 2 N–H and O–H groups in total. The molecule has 25 heavy (non-hydrogen) atoms. The molecule has 0 bridgehead atoms. The number of thioether (sulfide) groups is 1. The Labute approximate surface area is 147 Å². The molecule has 1 saturated heterocycles. The van der Waals surface area contributed by atoms with E-state index in [9.17, 15) is 23.3 Å². The maximum Gasteiger partial charge on any atom is 0.269 e. The maximum atomic E-state index is 12.3. The van der Waals surface area contributed by atoms with Gasteiger partial charge in [0.15, 0.2) is 0 Å². The van der Waals surface area contributed by atoms with E-state index in [2.05, 4.69) is 0 Å². The van der Waals surface area contributed by atoms with E-state index in [1.54, 1.807) is 17.0 Å². The molecule has 1 aliphatic rings. The van der Waals surface area contributed by atoms with Crippen LogP contribution < -0.4 is 10.0 Å². The number of non-ortho nitro benzene ring substituents is 1. The Morgan fingerprint density at radius 2 is 1.72 bits per heavy atom. The average Bonchev–Trinajstić information content (AvgIpc) is 2.96. The van der Waals surface area contributed by atoms with Crippen LogP contribution in [0.5, 0.6) is 0 Å². The minimum Gasteiger partial charge on any atom is -0.295 e. The molecule has 0 aliphatic carbocycles. The molecule has 2 aromatic carbocycles. The van der Waals surface area contributed by atoms with E-state index in [4.69, 9.17) is 5.14 Å². The molecule has 2 aromatic rings. The van der Waals surface area contributed by atoms with Crippen molar-refractivity contribution in [1.29, 1.82) is 0 Å². The molecule has 1 heterocycles. The minimum atomic E-state index is -3.81. The van der Waals surface area contributed by atoms with E-state index in [1.165, 1.54) is 48.2 Å². The molecule has 10 heteroatoms. The first-order valence-corrected chi connectivity index (χ1v) is 9.68. The summed E-state index contributed by atoms with van der Waals surface area (Å²) in [6.45, 7) is 0.